The quantitative estimate of drug-likeness (QED) is 0.409. The number of likely N-dealkylation sites (N-methyl/N-ethyl adjacent to an activating group) is 1. The lowest BCUT2D eigenvalue weighted by atomic mass is 10.1. The highest BCUT2D eigenvalue weighted by atomic mass is 15.3. The highest BCUT2D eigenvalue weighted by Crippen LogP contribution is 2.15. The van der Waals surface area contributed by atoms with Crippen LogP contribution in [0, 0.1) is 0 Å². The molecule has 0 spiro atoms. The molecule has 1 aliphatic heterocycles. The summed E-state index contributed by atoms with van der Waals surface area (Å²) in [6, 6.07) is 14.8. The van der Waals surface area contributed by atoms with Crippen LogP contribution < -0.4 is 15.5 Å². The topological polar surface area (TPSA) is 55.8 Å². The number of rotatable bonds is 8. The van der Waals surface area contributed by atoms with Gasteiger partial charge in [-0.05, 0) is 50.1 Å². The molecule has 0 atom stereocenters. The molecule has 1 aromatic heterocycles. The Bertz CT molecular complexity index is 753. The zero-order chi connectivity index (χ0) is 20.3. The van der Waals surface area contributed by atoms with Crippen LogP contribution in [0.2, 0.25) is 0 Å². The van der Waals surface area contributed by atoms with E-state index in [1.165, 1.54) is 11.1 Å². The number of pyridine rings is 1. The minimum Gasteiger partial charge on any atom is -0.357 e. The van der Waals surface area contributed by atoms with Crippen molar-refractivity contribution < 1.29 is 0 Å². The van der Waals surface area contributed by atoms with Crippen LogP contribution in [0.3, 0.4) is 0 Å². The van der Waals surface area contributed by atoms with Crippen molar-refractivity contribution in [3.63, 3.8) is 0 Å². The Labute approximate surface area is 175 Å². The maximum atomic E-state index is 4.77. The molecule has 0 amide bonds. The molecule has 1 aromatic carbocycles. The largest absolute Gasteiger partial charge is 0.357 e. The van der Waals surface area contributed by atoms with Crippen molar-refractivity contribution in [2.24, 2.45) is 4.99 Å². The van der Waals surface area contributed by atoms with E-state index in [2.05, 4.69) is 81.9 Å². The fourth-order valence-corrected chi connectivity index (χ4v) is 3.42. The molecule has 0 aliphatic carbocycles. The van der Waals surface area contributed by atoms with E-state index in [0.717, 1.165) is 63.9 Å². The van der Waals surface area contributed by atoms with Crippen molar-refractivity contribution in [1.82, 2.24) is 20.5 Å². The number of aliphatic imine (C=N–C) groups is 1. The minimum absolute atomic E-state index is 0.650. The van der Waals surface area contributed by atoms with E-state index in [9.17, 15) is 0 Å². The predicted molar refractivity (Wildman–Crippen MR) is 122 cm³/mol. The zero-order valence-corrected chi connectivity index (χ0v) is 17.8. The maximum absolute atomic E-state index is 4.77. The van der Waals surface area contributed by atoms with Crippen molar-refractivity contribution in [1.29, 1.82) is 0 Å². The Morgan fingerprint density at radius 3 is 2.59 bits per heavy atom. The lowest BCUT2D eigenvalue weighted by Gasteiger charge is -2.33. The molecule has 29 heavy (non-hydrogen) atoms. The summed E-state index contributed by atoms with van der Waals surface area (Å²) in [6.45, 7) is 8.74. The van der Waals surface area contributed by atoms with Crippen molar-refractivity contribution in [3.8, 4) is 0 Å². The summed E-state index contributed by atoms with van der Waals surface area (Å²) in [5, 5.41) is 6.79. The molecule has 1 aliphatic rings. The van der Waals surface area contributed by atoms with Gasteiger partial charge < -0.3 is 20.4 Å². The van der Waals surface area contributed by atoms with E-state index < -0.39 is 0 Å². The third-order valence-corrected chi connectivity index (χ3v) is 5.18. The monoisotopic (exact) mass is 394 g/mol. The summed E-state index contributed by atoms with van der Waals surface area (Å²) in [5.74, 6) is 1.94. The first-order valence-corrected chi connectivity index (χ1v) is 10.7. The predicted octanol–water partition coefficient (Wildman–Crippen LogP) is 2.52. The average Bonchev–Trinajstić information content (AvgIpc) is 2.76. The van der Waals surface area contributed by atoms with Gasteiger partial charge in [-0.25, -0.2) is 9.98 Å². The van der Waals surface area contributed by atoms with Crippen LogP contribution in [0.1, 0.15) is 24.5 Å². The first kappa shape index (κ1) is 21.1. The molecule has 156 valence electrons. The van der Waals surface area contributed by atoms with E-state index >= 15 is 0 Å². The number of piperazine rings is 1. The second kappa shape index (κ2) is 11.4. The lowest BCUT2D eigenvalue weighted by molar-refractivity contribution is 0.312. The van der Waals surface area contributed by atoms with Gasteiger partial charge in [-0.3, -0.25) is 0 Å². The molecular formula is C23H34N6. The van der Waals surface area contributed by atoms with Gasteiger partial charge in [0.05, 0.1) is 6.54 Å². The molecule has 0 unspecified atom stereocenters. The van der Waals surface area contributed by atoms with Gasteiger partial charge in [0.1, 0.15) is 5.82 Å². The van der Waals surface area contributed by atoms with Crippen LogP contribution in [0.25, 0.3) is 0 Å². The van der Waals surface area contributed by atoms with Crippen LogP contribution in [-0.2, 0) is 13.0 Å². The van der Waals surface area contributed by atoms with Crippen LogP contribution >= 0.6 is 0 Å². The summed E-state index contributed by atoms with van der Waals surface area (Å²) < 4.78 is 0. The van der Waals surface area contributed by atoms with Crippen LogP contribution in [0.15, 0.2) is 53.7 Å². The van der Waals surface area contributed by atoms with Gasteiger partial charge in [-0.2, -0.15) is 0 Å². The Morgan fingerprint density at radius 1 is 1.03 bits per heavy atom. The summed E-state index contributed by atoms with van der Waals surface area (Å²) in [7, 11) is 2.17. The number of benzene rings is 1. The van der Waals surface area contributed by atoms with Crippen LogP contribution in [-0.4, -0.2) is 62.2 Å². The second-order valence-electron chi connectivity index (χ2n) is 7.52. The van der Waals surface area contributed by atoms with Gasteiger partial charge in [0.25, 0.3) is 0 Å². The van der Waals surface area contributed by atoms with Crippen molar-refractivity contribution >= 4 is 11.8 Å². The van der Waals surface area contributed by atoms with E-state index in [-0.39, 0.29) is 0 Å². The van der Waals surface area contributed by atoms with Crippen molar-refractivity contribution in [3.05, 3.63) is 59.8 Å². The van der Waals surface area contributed by atoms with Gasteiger partial charge in [0, 0.05) is 45.5 Å². The summed E-state index contributed by atoms with van der Waals surface area (Å²) >= 11 is 0. The smallest absolute Gasteiger partial charge is 0.191 e. The Balaban J connectivity index is 1.50. The molecule has 2 heterocycles. The van der Waals surface area contributed by atoms with Crippen LogP contribution in [0.5, 0.6) is 0 Å². The number of aryl methyl sites for hydroxylation is 1. The zero-order valence-electron chi connectivity index (χ0n) is 17.8. The number of hydrogen-bond acceptors (Lipinski definition) is 4. The van der Waals surface area contributed by atoms with E-state index in [4.69, 9.17) is 4.99 Å². The molecule has 6 nitrogen and oxygen atoms in total. The number of anilines is 1. The molecule has 2 aromatic rings. The van der Waals surface area contributed by atoms with Crippen molar-refractivity contribution in [2.45, 2.75) is 26.3 Å². The maximum Gasteiger partial charge on any atom is 0.191 e. The SMILES string of the molecule is CCNC(=NCc1ccnc(N2CCN(C)CC2)c1)NCCCc1ccccc1. The van der Waals surface area contributed by atoms with E-state index in [1.807, 2.05) is 6.20 Å². The number of guanidine groups is 1. The molecule has 0 radical (unpaired) electrons. The summed E-state index contributed by atoms with van der Waals surface area (Å²) in [6.07, 6.45) is 4.06. The summed E-state index contributed by atoms with van der Waals surface area (Å²) in [4.78, 5) is 14.1. The van der Waals surface area contributed by atoms with Gasteiger partial charge in [0.2, 0.25) is 0 Å². The number of hydrogen-bond donors (Lipinski definition) is 2. The Morgan fingerprint density at radius 2 is 1.83 bits per heavy atom. The Kier molecular flexibility index (Phi) is 8.31. The van der Waals surface area contributed by atoms with Crippen LogP contribution in [0.4, 0.5) is 5.82 Å². The minimum atomic E-state index is 0.650. The summed E-state index contributed by atoms with van der Waals surface area (Å²) in [5.41, 5.74) is 2.57. The van der Waals surface area contributed by atoms with Crippen molar-refractivity contribution in [2.75, 3.05) is 51.2 Å². The molecule has 2 N–H and O–H groups in total. The fourth-order valence-electron chi connectivity index (χ4n) is 3.42. The normalized spacial score (nSPS) is 15.4. The molecule has 0 saturated carbocycles. The molecule has 6 heteroatoms. The standard InChI is InChI=1S/C23H34N6/c1-3-24-23(26-12-7-10-20-8-5-4-6-9-20)27-19-21-11-13-25-22(18-21)29-16-14-28(2)15-17-29/h4-6,8-9,11,13,18H,3,7,10,12,14-17,19H2,1-2H3,(H2,24,26,27). The molecule has 1 saturated heterocycles. The number of nitrogens with zero attached hydrogens (tertiary/aromatic N) is 4. The van der Waals surface area contributed by atoms with Gasteiger partial charge in [0.15, 0.2) is 5.96 Å². The molecule has 3 rings (SSSR count). The van der Waals surface area contributed by atoms with Gasteiger partial charge in [-0.15, -0.1) is 0 Å². The molecule has 1 fully saturated rings. The first-order chi connectivity index (χ1) is 14.2. The lowest BCUT2D eigenvalue weighted by Crippen LogP contribution is -2.44. The average molecular weight is 395 g/mol. The first-order valence-electron chi connectivity index (χ1n) is 10.7. The van der Waals surface area contributed by atoms with E-state index in [0.29, 0.717) is 6.54 Å². The Hall–Kier alpha value is -2.60. The van der Waals surface area contributed by atoms with Gasteiger partial charge >= 0.3 is 0 Å². The molecular weight excluding hydrogens is 360 g/mol. The third-order valence-electron chi connectivity index (χ3n) is 5.18. The second-order valence-corrected chi connectivity index (χ2v) is 7.52. The third kappa shape index (κ3) is 7.06. The highest BCUT2D eigenvalue weighted by Gasteiger charge is 2.15. The highest BCUT2D eigenvalue weighted by molar-refractivity contribution is 5.79. The van der Waals surface area contributed by atoms with Gasteiger partial charge in [-0.1, -0.05) is 30.3 Å². The van der Waals surface area contributed by atoms with E-state index in [1.54, 1.807) is 0 Å². The fraction of sp³-hybridized carbons (Fsp3) is 0.478. The number of nitrogens with one attached hydrogen (secondary N) is 2. The number of aromatic nitrogens is 1. The molecule has 0 bridgehead atoms.